The zero-order chi connectivity index (χ0) is 23.5. The van der Waals surface area contributed by atoms with E-state index < -0.39 is 10.0 Å². The number of hydrogen-bond acceptors (Lipinski definition) is 3. The molecule has 4 aromatic rings. The Balaban J connectivity index is 1.70. The Kier molecular flexibility index (Phi) is 6.38. The Morgan fingerprint density at radius 2 is 1.53 bits per heavy atom. The van der Waals surface area contributed by atoms with Crippen molar-refractivity contribution in [3.05, 3.63) is 102 Å². The molecule has 0 saturated heterocycles. The first-order valence-corrected chi connectivity index (χ1v) is 13.5. The average molecular weight is 471 g/mol. The van der Waals surface area contributed by atoms with Crippen molar-refractivity contribution in [3.63, 3.8) is 0 Å². The lowest BCUT2D eigenvalue weighted by molar-refractivity contribution is 0.437. The average Bonchev–Trinajstić information content (AvgIpc) is 2.88. The molecular formula is C29H30N2O2S. The number of fused-ring (bicyclic) bond motifs is 1. The van der Waals surface area contributed by atoms with Gasteiger partial charge in [-0.1, -0.05) is 85.5 Å². The molecule has 0 amide bonds. The highest BCUT2D eigenvalue weighted by Gasteiger charge is 2.28. The zero-order valence-corrected chi connectivity index (χ0v) is 20.3. The Hall–Kier alpha value is -3.18. The van der Waals surface area contributed by atoms with E-state index >= 15 is 0 Å². The molecule has 1 fully saturated rings. The lowest BCUT2D eigenvalue weighted by Crippen LogP contribution is -2.31. The number of anilines is 1. The molecular weight excluding hydrogens is 440 g/mol. The van der Waals surface area contributed by atoms with Crippen LogP contribution in [0.4, 0.5) is 5.69 Å². The monoisotopic (exact) mass is 470 g/mol. The second-order valence-electron chi connectivity index (χ2n) is 9.23. The molecule has 0 unspecified atom stereocenters. The van der Waals surface area contributed by atoms with Crippen molar-refractivity contribution in [2.45, 2.75) is 56.4 Å². The van der Waals surface area contributed by atoms with E-state index in [0.29, 0.717) is 16.5 Å². The van der Waals surface area contributed by atoms with Crippen molar-refractivity contribution in [1.29, 1.82) is 0 Å². The number of pyridine rings is 1. The molecule has 0 aliphatic heterocycles. The van der Waals surface area contributed by atoms with Gasteiger partial charge in [0.25, 0.3) is 10.0 Å². The van der Waals surface area contributed by atoms with E-state index in [1.54, 1.807) is 16.4 Å². The molecule has 5 heteroatoms. The van der Waals surface area contributed by atoms with Crippen molar-refractivity contribution >= 4 is 26.6 Å². The van der Waals surface area contributed by atoms with E-state index in [0.717, 1.165) is 40.6 Å². The molecule has 1 heterocycles. The van der Waals surface area contributed by atoms with Crippen molar-refractivity contribution in [1.82, 2.24) is 4.98 Å². The van der Waals surface area contributed by atoms with Crippen LogP contribution in [-0.4, -0.2) is 13.4 Å². The van der Waals surface area contributed by atoms with Crippen LogP contribution in [0, 0.1) is 6.92 Å². The summed E-state index contributed by atoms with van der Waals surface area (Å²) in [6.45, 7) is 2.22. The predicted octanol–water partition coefficient (Wildman–Crippen LogP) is 6.99. The summed E-state index contributed by atoms with van der Waals surface area (Å²) < 4.78 is 29.7. The summed E-state index contributed by atoms with van der Waals surface area (Å²) in [5.41, 5.74) is 4.53. The summed E-state index contributed by atoms with van der Waals surface area (Å²) in [4.78, 5) is 5.29. The second-order valence-corrected chi connectivity index (χ2v) is 11.1. The highest BCUT2D eigenvalue weighted by Crippen LogP contribution is 2.38. The van der Waals surface area contributed by atoms with Gasteiger partial charge in [0.15, 0.2) is 0 Å². The van der Waals surface area contributed by atoms with Gasteiger partial charge in [0, 0.05) is 17.0 Å². The van der Waals surface area contributed by atoms with E-state index in [2.05, 4.69) is 0 Å². The molecule has 1 aliphatic rings. The first-order chi connectivity index (χ1) is 16.5. The minimum atomic E-state index is -3.80. The van der Waals surface area contributed by atoms with E-state index in [4.69, 9.17) is 4.98 Å². The summed E-state index contributed by atoms with van der Waals surface area (Å²) in [6, 6.07) is 26.8. The summed E-state index contributed by atoms with van der Waals surface area (Å²) >= 11 is 0. The molecule has 3 aromatic carbocycles. The van der Waals surface area contributed by atoms with Crippen LogP contribution in [0.3, 0.4) is 0 Å². The molecule has 5 rings (SSSR count). The molecule has 0 radical (unpaired) electrons. The summed E-state index contributed by atoms with van der Waals surface area (Å²) in [5, 5.41) is 0.855. The third kappa shape index (κ3) is 4.58. The maximum absolute atomic E-state index is 14.1. The lowest BCUT2D eigenvalue weighted by Gasteiger charge is -2.28. The molecule has 1 aliphatic carbocycles. The Bertz CT molecular complexity index is 1380. The largest absolute Gasteiger partial charge is 0.264 e. The van der Waals surface area contributed by atoms with Gasteiger partial charge in [-0.05, 0) is 49.6 Å². The predicted molar refractivity (Wildman–Crippen MR) is 139 cm³/mol. The molecule has 0 atom stereocenters. The van der Waals surface area contributed by atoms with Crippen LogP contribution in [-0.2, 0) is 16.6 Å². The van der Waals surface area contributed by atoms with E-state index in [1.165, 1.54) is 19.3 Å². The van der Waals surface area contributed by atoms with Gasteiger partial charge in [0.05, 0.1) is 22.6 Å². The third-order valence-corrected chi connectivity index (χ3v) is 8.56. The quantitative estimate of drug-likeness (QED) is 0.305. The summed E-state index contributed by atoms with van der Waals surface area (Å²) in [5.74, 6) is 0.373. The molecule has 4 nitrogen and oxygen atoms in total. The van der Waals surface area contributed by atoms with Gasteiger partial charge >= 0.3 is 0 Å². The number of hydrogen-bond donors (Lipinski definition) is 0. The molecule has 0 N–H and O–H groups in total. The number of para-hydroxylation sites is 1. The topological polar surface area (TPSA) is 50.3 Å². The number of aromatic nitrogens is 1. The first kappa shape index (κ1) is 22.6. The first-order valence-electron chi connectivity index (χ1n) is 12.1. The Morgan fingerprint density at radius 3 is 2.26 bits per heavy atom. The Labute approximate surface area is 202 Å². The van der Waals surface area contributed by atoms with E-state index in [1.807, 2.05) is 79.7 Å². The van der Waals surface area contributed by atoms with Gasteiger partial charge in [-0.2, -0.15) is 0 Å². The van der Waals surface area contributed by atoms with Gasteiger partial charge in [-0.25, -0.2) is 8.42 Å². The minimum Gasteiger partial charge on any atom is -0.261 e. The molecule has 0 spiro atoms. The van der Waals surface area contributed by atoms with Crippen molar-refractivity contribution in [2.24, 2.45) is 0 Å². The van der Waals surface area contributed by atoms with Crippen LogP contribution >= 0.6 is 0 Å². The van der Waals surface area contributed by atoms with Crippen LogP contribution in [0.2, 0.25) is 0 Å². The van der Waals surface area contributed by atoms with Gasteiger partial charge in [-0.15, -0.1) is 0 Å². The Morgan fingerprint density at radius 1 is 0.853 bits per heavy atom. The minimum absolute atomic E-state index is 0.259. The van der Waals surface area contributed by atoms with Crippen molar-refractivity contribution in [2.75, 3.05) is 4.31 Å². The molecule has 34 heavy (non-hydrogen) atoms. The molecule has 1 saturated carbocycles. The highest BCUT2D eigenvalue weighted by molar-refractivity contribution is 7.92. The third-order valence-electron chi connectivity index (χ3n) is 6.78. The van der Waals surface area contributed by atoms with Crippen molar-refractivity contribution < 1.29 is 8.42 Å². The fraction of sp³-hybridized carbons (Fsp3) is 0.276. The van der Waals surface area contributed by atoms with Gasteiger partial charge in [-0.3, -0.25) is 9.29 Å². The molecule has 0 bridgehead atoms. The molecule has 174 valence electrons. The number of nitrogens with zero attached hydrogens (tertiary/aromatic N) is 2. The number of rotatable bonds is 6. The smallest absolute Gasteiger partial charge is 0.261 e. The molecule has 1 aromatic heterocycles. The highest BCUT2D eigenvalue weighted by atomic mass is 32.2. The van der Waals surface area contributed by atoms with Gasteiger partial charge in [0.2, 0.25) is 0 Å². The lowest BCUT2D eigenvalue weighted by atomic mass is 9.86. The van der Waals surface area contributed by atoms with Gasteiger partial charge < -0.3 is 0 Å². The zero-order valence-electron chi connectivity index (χ0n) is 19.5. The van der Waals surface area contributed by atoms with E-state index in [9.17, 15) is 8.42 Å². The van der Waals surface area contributed by atoms with Crippen molar-refractivity contribution in [3.8, 4) is 0 Å². The van der Waals surface area contributed by atoms with E-state index in [-0.39, 0.29) is 6.54 Å². The van der Waals surface area contributed by atoms with Crippen LogP contribution < -0.4 is 4.31 Å². The maximum atomic E-state index is 14.1. The van der Waals surface area contributed by atoms with Crippen LogP contribution in [0.5, 0.6) is 0 Å². The fourth-order valence-corrected chi connectivity index (χ4v) is 6.34. The standard InChI is InChI=1S/C29H30N2O2S/c1-22-16-18-25(19-17-22)34(32,33)31(21-23-10-4-2-5-11-23)29-20-28(24-12-6-3-7-13-24)30-27-15-9-8-14-26(27)29/h2,4-5,8-11,14-20,24H,3,6-7,12-13,21H2,1H3. The number of benzene rings is 3. The SMILES string of the molecule is Cc1ccc(S(=O)(=O)N(Cc2ccccc2)c2cc(C3CCCCC3)nc3ccccc23)cc1. The maximum Gasteiger partial charge on any atom is 0.264 e. The summed E-state index contributed by atoms with van der Waals surface area (Å²) in [7, 11) is -3.80. The second kappa shape index (κ2) is 9.59. The number of sulfonamides is 1. The fourth-order valence-electron chi connectivity index (χ4n) is 4.88. The number of aryl methyl sites for hydroxylation is 1. The normalized spacial score (nSPS) is 14.9. The van der Waals surface area contributed by atoms with Crippen LogP contribution in [0.25, 0.3) is 10.9 Å². The van der Waals surface area contributed by atoms with Crippen LogP contribution in [0.15, 0.2) is 89.8 Å². The van der Waals surface area contributed by atoms with Crippen LogP contribution in [0.1, 0.15) is 54.8 Å². The van der Waals surface area contributed by atoms with Gasteiger partial charge in [0.1, 0.15) is 0 Å². The summed E-state index contributed by atoms with van der Waals surface area (Å²) in [6.07, 6.45) is 5.87.